The average Bonchev–Trinajstić information content (AvgIpc) is 3.12. The highest BCUT2D eigenvalue weighted by Crippen LogP contribution is 2.27. The summed E-state index contributed by atoms with van der Waals surface area (Å²) in [7, 11) is -3.68. The van der Waals surface area contributed by atoms with Crippen LogP contribution in [0.4, 0.5) is 0 Å². The van der Waals surface area contributed by atoms with E-state index in [1.165, 1.54) is 16.4 Å². The Morgan fingerprint density at radius 2 is 1.64 bits per heavy atom. The SMILES string of the molecule is O=S(=O)(c1ccc(Cl)cc1)N1CCN=C1c1cccc2ccccc12. The Bertz CT molecular complexity index is 1070. The molecule has 0 unspecified atom stereocenters. The van der Waals surface area contributed by atoms with Gasteiger partial charge in [-0.3, -0.25) is 4.99 Å². The van der Waals surface area contributed by atoms with Gasteiger partial charge in [0, 0.05) is 10.6 Å². The molecule has 1 aliphatic heterocycles. The third-order valence-electron chi connectivity index (χ3n) is 4.23. The number of fused-ring (bicyclic) bond motifs is 1. The molecule has 126 valence electrons. The van der Waals surface area contributed by atoms with Crippen LogP contribution in [0.5, 0.6) is 0 Å². The van der Waals surface area contributed by atoms with Gasteiger partial charge in [0.15, 0.2) is 0 Å². The molecule has 0 bridgehead atoms. The van der Waals surface area contributed by atoms with Gasteiger partial charge >= 0.3 is 0 Å². The van der Waals surface area contributed by atoms with Crippen LogP contribution in [0.1, 0.15) is 5.56 Å². The number of aliphatic imine (C=N–C) groups is 1. The molecule has 0 N–H and O–H groups in total. The number of hydrogen-bond acceptors (Lipinski definition) is 3. The van der Waals surface area contributed by atoms with E-state index in [1.807, 2.05) is 42.5 Å². The van der Waals surface area contributed by atoms with Crippen LogP contribution in [0.3, 0.4) is 0 Å². The summed E-state index contributed by atoms with van der Waals surface area (Å²) in [6.07, 6.45) is 0. The van der Waals surface area contributed by atoms with Crippen molar-refractivity contribution in [3.05, 3.63) is 77.3 Å². The lowest BCUT2D eigenvalue weighted by atomic mass is 10.0. The number of hydrogen-bond donors (Lipinski definition) is 0. The molecule has 0 saturated heterocycles. The summed E-state index contributed by atoms with van der Waals surface area (Å²) in [5, 5.41) is 2.55. The van der Waals surface area contributed by atoms with Crippen LogP contribution in [0, 0.1) is 0 Å². The molecule has 0 amide bonds. The van der Waals surface area contributed by atoms with Crippen molar-refractivity contribution in [2.75, 3.05) is 13.1 Å². The van der Waals surface area contributed by atoms with Crippen molar-refractivity contribution in [1.82, 2.24) is 4.31 Å². The molecule has 1 aliphatic rings. The van der Waals surface area contributed by atoms with Gasteiger partial charge < -0.3 is 0 Å². The molecule has 1 heterocycles. The predicted molar refractivity (Wildman–Crippen MR) is 101 cm³/mol. The second-order valence-corrected chi connectivity index (χ2v) is 8.06. The van der Waals surface area contributed by atoms with E-state index in [0.717, 1.165) is 16.3 Å². The van der Waals surface area contributed by atoms with Crippen LogP contribution >= 0.6 is 11.6 Å². The molecular weight excluding hydrogens is 356 g/mol. The van der Waals surface area contributed by atoms with Gasteiger partial charge in [0.25, 0.3) is 10.0 Å². The molecule has 0 spiro atoms. The van der Waals surface area contributed by atoms with Gasteiger partial charge in [0.2, 0.25) is 0 Å². The highest BCUT2D eigenvalue weighted by Gasteiger charge is 2.31. The monoisotopic (exact) mass is 370 g/mol. The molecule has 25 heavy (non-hydrogen) atoms. The van der Waals surface area contributed by atoms with Gasteiger partial charge in [-0.1, -0.05) is 54.1 Å². The molecule has 4 rings (SSSR count). The van der Waals surface area contributed by atoms with E-state index in [-0.39, 0.29) is 4.90 Å². The summed E-state index contributed by atoms with van der Waals surface area (Å²) in [4.78, 5) is 4.70. The molecule has 3 aromatic carbocycles. The van der Waals surface area contributed by atoms with E-state index in [2.05, 4.69) is 4.99 Å². The fourth-order valence-corrected chi connectivity index (χ4v) is 4.61. The lowest BCUT2D eigenvalue weighted by Crippen LogP contribution is -2.35. The van der Waals surface area contributed by atoms with Gasteiger partial charge in [-0.05, 0) is 35.0 Å². The standard InChI is InChI=1S/C19H15ClN2O2S/c20-15-8-10-16(11-9-15)25(23,24)22-13-12-21-19(22)18-7-3-5-14-4-1-2-6-17(14)18/h1-11H,12-13H2. The fourth-order valence-electron chi connectivity index (χ4n) is 3.04. The summed E-state index contributed by atoms with van der Waals surface area (Å²) in [5.74, 6) is 0.492. The van der Waals surface area contributed by atoms with Crippen LogP contribution < -0.4 is 0 Å². The number of nitrogens with zero attached hydrogens (tertiary/aromatic N) is 2. The normalized spacial score (nSPS) is 14.8. The minimum atomic E-state index is -3.68. The Morgan fingerprint density at radius 1 is 0.920 bits per heavy atom. The zero-order valence-electron chi connectivity index (χ0n) is 13.3. The van der Waals surface area contributed by atoms with E-state index >= 15 is 0 Å². The first-order valence-corrected chi connectivity index (χ1v) is 9.70. The van der Waals surface area contributed by atoms with Crippen LogP contribution in [-0.2, 0) is 10.0 Å². The molecule has 0 saturated carbocycles. The first-order chi connectivity index (χ1) is 12.1. The summed E-state index contributed by atoms with van der Waals surface area (Å²) in [6.45, 7) is 0.787. The zero-order valence-corrected chi connectivity index (χ0v) is 14.8. The summed E-state index contributed by atoms with van der Waals surface area (Å²) >= 11 is 5.88. The Labute approximate surface area is 151 Å². The van der Waals surface area contributed by atoms with Gasteiger partial charge in [-0.2, -0.15) is 0 Å². The number of benzene rings is 3. The largest absolute Gasteiger partial charge is 0.265 e. The second kappa shape index (κ2) is 6.17. The molecule has 0 aliphatic carbocycles. The molecule has 0 atom stereocenters. The maximum absolute atomic E-state index is 13.1. The smallest absolute Gasteiger partial charge is 0.265 e. The molecule has 3 aromatic rings. The molecule has 0 aromatic heterocycles. The van der Waals surface area contributed by atoms with Gasteiger partial charge in [-0.25, -0.2) is 12.7 Å². The molecule has 6 heteroatoms. The zero-order chi connectivity index (χ0) is 17.4. The van der Waals surface area contributed by atoms with E-state index in [4.69, 9.17) is 11.6 Å². The number of rotatable bonds is 3. The van der Waals surface area contributed by atoms with Crippen LogP contribution in [0.15, 0.2) is 76.6 Å². The second-order valence-electron chi connectivity index (χ2n) is 5.76. The van der Waals surface area contributed by atoms with Crippen molar-refractivity contribution in [3.63, 3.8) is 0 Å². The lowest BCUT2D eigenvalue weighted by Gasteiger charge is -2.21. The molecule has 4 nitrogen and oxygen atoms in total. The van der Waals surface area contributed by atoms with Crippen molar-refractivity contribution >= 4 is 38.2 Å². The quantitative estimate of drug-likeness (QED) is 0.701. The van der Waals surface area contributed by atoms with Gasteiger partial charge in [0.05, 0.1) is 18.0 Å². The third-order valence-corrected chi connectivity index (χ3v) is 6.29. The lowest BCUT2D eigenvalue weighted by molar-refractivity contribution is 0.538. The first-order valence-electron chi connectivity index (χ1n) is 7.88. The molecule has 0 radical (unpaired) electrons. The van der Waals surface area contributed by atoms with E-state index in [9.17, 15) is 8.42 Å². The van der Waals surface area contributed by atoms with E-state index in [0.29, 0.717) is 23.9 Å². The Hall–Kier alpha value is -2.37. The maximum Gasteiger partial charge on any atom is 0.265 e. The highest BCUT2D eigenvalue weighted by molar-refractivity contribution is 7.89. The Balaban J connectivity index is 1.82. The predicted octanol–water partition coefficient (Wildman–Crippen LogP) is 3.94. The average molecular weight is 371 g/mol. The van der Waals surface area contributed by atoms with Crippen molar-refractivity contribution in [3.8, 4) is 0 Å². The topological polar surface area (TPSA) is 49.7 Å². The van der Waals surface area contributed by atoms with Crippen molar-refractivity contribution in [2.45, 2.75) is 4.90 Å². The number of amidine groups is 1. The highest BCUT2D eigenvalue weighted by atomic mass is 35.5. The third kappa shape index (κ3) is 2.79. The first kappa shape index (κ1) is 16.1. The summed E-state index contributed by atoms with van der Waals surface area (Å²) in [5.41, 5.74) is 0.827. The number of sulfonamides is 1. The Kier molecular flexibility index (Phi) is 3.98. The fraction of sp³-hybridized carbons (Fsp3) is 0.105. The van der Waals surface area contributed by atoms with Crippen LogP contribution in [0.2, 0.25) is 5.02 Å². The molecule has 0 fully saturated rings. The molecular formula is C19H15ClN2O2S. The summed E-state index contributed by atoms with van der Waals surface area (Å²) < 4.78 is 27.5. The van der Waals surface area contributed by atoms with Crippen molar-refractivity contribution < 1.29 is 8.42 Å². The maximum atomic E-state index is 13.1. The van der Waals surface area contributed by atoms with Crippen molar-refractivity contribution in [1.29, 1.82) is 0 Å². The number of halogens is 1. The van der Waals surface area contributed by atoms with Crippen LogP contribution in [-0.4, -0.2) is 31.6 Å². The Morgan fingerprint density at radius 3 is 2.44 bits per heavy atom. The minimum absolute atomic E-state index is 0.215. The van der Waals surface area contributed by atoms with E-state index < -0.39 is 10.0 Å². The van der Waals surface area contributed by atoms with E-state index in [1.54, 1.807) is 12.1 Å². The van der Waals surface area contributed by atoms with Crippen molar-refractivity contribution in [2.24, 2.45) is 4.99 Å². The van der Waals surface area contributed by atoms with Gasteiger partial charge in [-0.15, -0.1) is 0 Å². The summed E-state index contributed by atoms with van der Waals surface area (Å²) in [6, 6.07) is 20.0. The van der Waals surface area contributed by atoms with Gasteiger partial charge in [0.1, 0.15) is 5.84 Å². The minimum Gasteiger partial charge on any atom is -0.265 e. The van der Waals surface area contributed by atoms with Crippen LogP contribution in [0.25, 0.3) is 10.8 Å².